The molecule has 0 aromatic heterocycles. The fourth-order valence-electron chi connectivity index (χ4n) is 2.24. The van der Waals surface area contributed by atoms with Gasteiger partial charge in [-0.15, -0.1) is 0 Å². The summed E-state index contributed by atoms with van der Waals surface area (Å²) in [6, 6.07) is 11.1. The van der Waals surface area contributed by atoms with Crippen molar-refractivity contribution in [2.45, 2.75) is 13.8 Å². The van der Waals surface area contributed by atoms with Crippen LogP contribution in [-0.4, -0.2) is 29.5 Å². The van der Waals surface area contributed by atoms with Crippen molar-refractivity contribution in [3.05, 3.63) is 42.0 Å². The Morgan fingerprint density at radius 1 is 1.21 bits per heavy atom. The first kappa shape index (κ1) is 13.4. The maximum Gasteiger partial charge on any atom is 0.257 e. The van der Waals surface area contributed by atoms with Gasteiger partial charge in [0, 0.05) is 13.6 Å². The van der Waals surface area contributed by atoms with E-state index in [9.17, 15) is 9.90 Å². The van der Waals surface area contributed by atoms with Crippen LogP contribution in [0, 0.1) is 5.92 Å². The Morgan fingerprint density at radius 3 is 2.37 bits per heavy atom. The average Bonchev–Trinajstić information content (AvgIpc) is 2.36. The Hall–Kier alpha value is -2.03. The summed E-state index contributed by atoms with van der Waals surface area (Å²) in [4.78, 5) is 14.0. The van der Waals surface area contributed by atoms with Gasteiger partial charge < -0.3 is 10.0 Å². The summed E-state index contributed by atoms with van der Waals surface area (Å²) in [6.45, 7) is 4.79. The molecule has 3 heteroatoms. The van der Waals surface area contributed by atoms with E-state index in [-0.39, 0.29) is 11.7 Å². The highest BCUT2D eigenvalue weighted by Gasteiger charge is 2.17. The van der Waals surface area contributed by atoms with Crippen LogP contribution in [0.25, 0.3) is 10.8 Å². The zero-order chi connectivity index (χ0) is 14.0. The molecule has 0 unspecified atom stereocenters. The van der Waals surface area contributed by atoms with Gasteiger partial charge in [0.2, 0.25) is 0 Å². The normalized spacial score (nSPS) is 10.9. The molecule has 0 atom stereocenters. The molecule has 0 spiro atoms. The topological polar surface area (TPSA) is 40.5 Å². The third-order valence-electron chi connectivity index (χ3n) is 3.08. The van der Waals surface area contributed by atoms with E-state index in [0.717, 1.165) is 10.8 Å². The highest BCUT2D eigenvalue weighted by Crippen LogP contribution is 2.26. The van der Waals surface area contributed by atoms with Crippen LogP contribution in [0.2, 0.25) is 0 Å². The minimum Gasteiger partial charge on any atom is -0.507 e. The fraction of sp³-hybridized carbons (Fsp3) is 0.312. The predicted octanol–water partition coefficient (Wildman–Crippen LogP) is 3.27. The number of amides is 1. The molecule has 0 bridgehead atoms. The lowest BCUT2D eigenvalue weighted by molar-refractivity contribution is 0.0776. The molecule has 2 rings (SSSR count). The molecular formula is C16H19NO2. The number of phenolic OH excluding ortho intramolecular Hbond substituents is 1. The SMILES string of the molecule is CC(C)CN(C)C(=O)c1cc2ccccc2cc1O. The quantitative estimate of drug-likeness (QED) is 0.916. The maximum atomic E-state index is 12.3. The van der Waals surface area contributed by atoms with Crippen molar-refractivity contribution in [1.82, 2.24) is 4.90 Å². The molecule has 2 aromatic carbocycles. The summed E-state index contributed by atoms with van der Waals surface area (Å²) in [6.07, 6.45) is 0. The minimum atomic E-state index is -0.142. The highest BCUT2D eigenvalue weighted by molar-refractivity contribution is 6.01. The van der Waals surface area contributed by atoms with Gasteiger partial charge in [-0.05, 0) is 28.8 Å². The van der Waals surface area contributed by atoms with Gasteiger partial charge in [0.15, 0.2) is 0 Å². The number of nitrogens with zero attached hydrogens (tertiary/aromatic N) is 1. The van der Waals surface area contributed by atoms with Crippen LogP contribution in [-0.2, 0) is 0 Å². The van der Waals surface area contributed by atoms with Gasteiger partial charge in [0.1, 0.15) is 5.75 Å². The van der Waals surface area contributed by atoms with Gasteiger partial charge in [-0.1, -0.05) is 38.1 Å². The fourth-order valence-corrected chi connectivity index (χ4v) is 2.24. The van der Waals surface area contributed by atoms with E-state index >= 15 is 0 Å². The first-order valence-electron chi connectivity index (χ1n) is 6.46. The Labute approximate surface area is 113 Å². The van der Waals surface area contributed by atoms with Crippen LogP contribution < -0.4 is 0 Å². The number of hydrogen-bond acceptors (Lipinski definition) is 2. The molecule has 100 valence electrons. The number of carbonyl (C=O) groups is 1. The standard InChI is InChI=1S/C16H19NO2/c1-11(2)10-17(3)16(19)14-8-12-6-4-5-7-13(12)9-15(14)18/h4-9,11,18H,10H2,1-3H3. The van der Waals surface area contributed by atoms with Crippen molar-refractivity contribution in [1.29, 1.82) is 0 Å². The van der Waals surface area contributed by atoms with Crippen LogP contribution in [0.5, 0.6) is 5.75 Å². The van der Waals surface area contributed by atoms with Gasteiger partial charge in [-0.3, -0.25) is 4.79 Å². The summed E-state index contributed by atoms with van der Waals surface area (Å²) in [5.74, 6) is 0.299. The first-order valence-corrected chi connectivity index (χ1v) is 6.46. The monoisotopic (exact) mass is 257 g/mol. The third-order valence-corrected chi connectivity index (χ3v) is 3.08. The Kier molecular flexibility index (Phi) is 3.74. The van der Waals surface area contributed by atoms with E-state index in [1.165, 1.54) is 0 Å². The lowest BCUT2D eigenvalue weighted by atomic mass is 10.0. The lowest BCUT2D eigenvalue weighted by Crippen LogP contribution is -2.30. The Morgan fingerprint density at radius 2 is 1.79 bits per heavy atom. The Bertz CT molecular complexity index is 605. The van der Waals surface area contributed by atoms with Gasteiger partial charge in [-0.2, -0.15) is 0 Å². The molecule has 0 saturated carbocycles. The van der Waals surface area contributed by atoms with Crippen molar-refractivity contribution in [2.75, 3.05) is 13.6 Å². The molecule has 19 heavy (non-hydrogen) atoms. The smallest absolute Gasteiger partial charge is 0.257 e. The molecule has 0 fully saturated rings. The van der Waals surface area contributed by atoms with Crippen LogP contribution in [0.1, 0.15) is 24.2 Å². The van der Waals surface area contributed by atoms with Crippen LogP contribution in [0.3, 0.4) is 0 Å². The van der Waals surface area contributed by atoms with E-state index in [0.29, 0.717) is 18.0 Å². The van der Waals surface area contributed by atoms with Gasteiger partial charge in [-0.25, -0.2) is 0 Å². The molecular weight excluding hydrogens is 238 g/mol. The van der Waals surface area contributed by atoms with Crippen molar-refractivity contribution in [3.63, 3.8) is 0 Å². The minimum absolute atomic E-state index is 0.0410. The average molecular weight is 257 g/mol. The number of fused-ring (bicyclic) bond motifs is 1. The van der Waals surface area contributed by atoms with Gasteiger partial charge >= 0.3 is 0 Å². The summed E-state index contributed by atoms with van der Waals surface area (Å²) in [5, 5.41) is 11.9. The largest absolute Gasteiger partial charge is 0.507 e. The number of benzene rings is 2. The molecule has 0 aliphatic rings. The van der Waals surface area contributed by atoms with E-state index < -0.39 is 0 Å². The van der Waals surface area contributed by atoms with Crippen LogP contribution >= 0.6 is 0 Å². The van der Waals surface area contributed by atoms with Crippen molar-refractivity contribution >= 4 is 16.7 Å². The molecule has 0 aliphatic carbocycles. The van der Waals surface area contributed by atoms with E-state index in [1.54, 1.807) is 24.1 Å². The second kappa shape index (κ2) is 5.31. The zero-order valence-corrected chi connectivity index (χ0v) is 11.6. The summed E-state index contributed by atoms with van der Waals surface area (Å²) in [5.41, 5.74) is 0.363. The predicted molar refractivity (Wildman–Crippen MR) is 77.4 cm³/mol. The van der Waals surface area contributed by atoms with Gasteiger partial charge in [0.25, 0.3) is 5.91 Å². The first-order chi connectivity index (χ1) is 8.99. The van der Waals surface area contributed by atoms with Crippen molar-refractivity contribution in [3.8, 4) is 5.75 Å². The number of rotatable bonds is 3. The third kappa shape index (κ3) is 2.87. The van der Waals surface area contributed by atoms with Crippen LogP contribution in [0.4, 0.5) is 0 Å². The molecule has 1 amide bonds. The summed E-state index contributed by atoms with van der Waals surface area (Å²) in [7, 11) is 1.76. The van der Waals surface area contributed by atoms with E-state index in [2.05, 4.69) is 13.8 Å². The number of aromatic hydroxyl groups is 1. The molecule has 3 nitrogen and oxygen atoms in total. The van der Waals surface area contributed by atoms with Gasteiger partial charge in [0.05, 0.1) is 5.56 Å². The second-order valence-electron chi connectivity index (χ2n) is 5.30. The number of hydrogen-bond donors (Lipinski definition) is 1. The maximum absolute atomic E-state index is 12.3. The summed E-state index contributed by atoms with van der Waals surface area (Å²) >= 11 is 0. The lowest BCUT2D eigenvalue weighted by Gasteiger charge is -2.20. The number of carbonyl (C=O) groups excluding carboxylic acids is 1. The highest BCUT2D eigenvalue weighted by atomic mass is 16.3. The van der Waals surface area contributed by atoms with E-state index in [1.807, 2.05) is 24.3 Å². The molecule has 0 heterocycles. The molecule has 0 saturated heterocycles. The Balaban J connectivity index is 2.39. The summed E-state index contributed by atoms with van der Waals surface area (Å²) < 4.78 is 0. The zero-order valence-electron chi connectivity index (χ0n) is 11.6. The van der Waals surface area contributed by atoms with E-state index in [4.69, 9.17) is 0 Å². The molecule has 2 aromatic rings. The second-order valence-corrected chi connectivity index (χ2v) is 5.30. The van der Waals surface area contributed by atoms with Crippen molar-refractivity contribution in [2.24, 2.45) is 5.92 Å². The molecule has 0 aliphatic heterocycles. The molecule has 0 radical (unpaired) electrons. The van der Waals surface area contributed by atoms with Crippen LogP contribution in [0.15, 0.2) is 36.4 Å². The van der Waals surface area contributed by atoms with Crippen molar-refractivity contribution < 1.29 is 9.90 Å². The number of phenols is 1. The molecule has 1 N–H and O–H groups in total.